The summed E-state index contributed by atoms with van der Waals surface area (Å²) in [6, 6.07) is -0.856. The summed E-state index contributed by atoms with van der Waals surface area (Å²) in [5.74, 6) is -1.30. The van der Waals surface area contributed by atoms with Crippen molar-refractivity contribution in [3.05, 3.63) is 36.5 Å². The fraction of sp³-hybridized carbons (Fsp3) is 0.791. The van der Waals surface area contributed by atoms with Crippen molar-refractivity contribution in [3.63, 3.8) is 0 Å². The zero-order valence-corrected chi connectivity index (χ0v) is 32.5. The van der Waals surface area contributed by atoms with Gasteiger partial charge in [-0.3, -0.25) is 9.59 Å². The number of hydrogen-bond acceptors (Lipinski definition) is 5. The first-order valence-corrected chi connectivity index (χ1v) is 20.8. The highest BCUT2D eigenvalue weighted by Gasteiger charge is 2.18. The number of amides is 1. The van der Waals surface area contributed by atoms with E-state index >= 15 is 0 Å². The van der Waals surface area contributed by atoms with Crippen molar-refractivity contribution >= 4 is 17.8 Å². The normalized spacial score (nSPS) is 13.0. The molecule has 0 radical (unpaired) electrons. The minimum atomic E-state index is -1.01. The Morgan fingerprint density at radius 1 is 0.600 bits per heavy atom. The van der Waals surface area contributed by atoms with Gasteiger partial charge < -0.3 is 20.9 Å². The highest BCUT2D eigenvalue weighted by Crippen LogP contribution is 2.15. The third-order valence-corrected chi connectivity index (χ3v) is 9.16. The molecule has 0 saturated heterocycles. The summed E-state index contributed by atoms with van der Waals surface area (Å²) in [6.07, 6.45) is 43.5. The molecule has 0 bridgehead atoms. The molecule has 0 rings (SSSR count). The van der Waals surface area contributed by atoms with Crippen LogP contribution in [0.1, 0.15) is 200 Å². The number of carbonyl (C=O) groups excluding carboxylic acids is 2. The van der Waals surface area contributed by atoms with Crippen LogP contribution in [0.4, 0.5) is 0 Å². The van der Waals surface area contributed by atoms with Crippen molar-refractivity contribution in [1.82, 2.24) is 5.32 Å². The lowest BCUT2D eigenvalue weighted by Gasteiger charge is -2.15. The lowest BCUT2D eigenvalue weighted by molar-refractivity contribution is -0.147. The summed E-state index contributed by atoms with van der Waals surface area (Å²) in [4.78, 5) is 36.2. The standard InChI is InChI=1S/C43H78N2O5/c1-3-5-7-9-11-13-14-15-16-17-18-19-21-27-31-37-42(47)50-39(33-28-24-20-12-10-8-6-4-2)34-29-25-22-23-26-30-36-41(46)45-40(43(48)49)35-32-38-44/h12,15-16,20,28,33,39-40H,3-11,13-14,17-19,21-27,29-32,34-38,44H2,1-2H3,(H,45,46)(H,48,49)/b16-15-,20-12-,33-28-. The Kier molecular flexibility index (Phi) is 36.0. The topological polar surface area (TPSA) is 119 Å². The van der Waals surface area contributed by atoms with Crippen molar-refractivity contribution in [1.29, 1.82) is 0 Å². The number of nitrogens with one attached hydrogen (secondary N) is 1. The number of rotatable bonds is 37. The van der Waals surface area contributed by atoms with Crippen LogP contribution in [0.25, 0.3) is 0 Å². The number of nitrogens with two attached hydrogens (primary N) is 1. The average molecular weight is 703 g/mol. The molecule has 1 amide bonds. The SMILES string of the molecule is CCCCC/C=C\C/C=C\C(CCCCCCCCC(=O)NC(CCCN)C(=O)O)OC(=O)CCCCCCC/C=C\CCCCCCCC. The van der Waals surface area contributed by atoms with Gasteiger partial charge in [-0.25, -0.2) is 4.79 Å². The van der Waals surface area contributed by atoms with E-state index < -0.39 is 12.0 Å². The molecular weight excluding hydrogens is 624 g/mol. The summed E-state index contributed by atoms with van der Waals surface area (Å²) in [7, 11) is 0. The minimum absolute atomic E-state index is 0.0844. The Labute approximate surface area is 307 Å². The molecule has 0 spiro atoms. The Bertz CT molecular complexity index is 885. The summed E-state index contributed by atoms with van der Waals surface area (Å²) in [5.41, 5.74) is 5.47. The predicted molar refractivity (Wildman–Crippen MR) is 211 cm³/mol. The number of carboxylic acids is 1. The number of carbonyl (C=O) groups is 3. The molecule has 2 atom stereocenters. The molecule has 0 aromatic rings. The van der Waals surface area contributed by atoms with Gasteiger partial charge in [0, 0.05) is 12.8 Å². The Balaban J connectivity index is 4.29. The van der Waals surface area contributed by atoms with Gasteiger partial charge in [0.15, 0.2) is 0 Å². The number of unbranched alkanes of at least 4 members (excludes halogenated alkanes) is 19. The molecule has 0 aliphatic heterocycles. The lowest BCUT2D eigenvalue weighted by Crippen LogP contribution is -2.40. The second-order valence-electron chi connectivity index (χ2n) is 14.0. The van der Waals surface area contributed by atoms with Crippen LogP contribution < -0.4 is 11.1 Å². The molecule has 7 heteroatoms. The van der Waals surface area contributed by atoms with E-state index in [-0.39, 0.29) is 18.0 Å². The summed E-state index contributed by atoms with van der Waals surface area (Å²) < 4.78 is 5.92. The first-order valence-electron chi connectivity index (χ1n) is 20.8. The molecule has 290 valence electrons. The van der Waals surface area contributed by atoms with Gasteiger partial charge in [-0.2, -0.15) is 0 Å². The highest BCUT2D eigenvalue weighted by atomic mass is 16.5. The molecule has 0 aliphatic carbocycles. The first-order chi connectivity index (χ1) is 24.4. The summed E-state index contributed by atoms with van der Waals surface area (Å²) >= 11 is 0. The fourth-order valence-corrected chi connectivity index (χ4v) is 5.98. The van der Waals surface area contributed by atoms with Crippen molar-refractivity contribution in [2.75, 3.05) is 6.54 Å². The number of aliphatic carboxylic acids is 1. The number of allylic oxidation sites excluding steroid dienone is 5. The molecule has 0 heterocycles. The zero-order valence-electron chi connectivity index (χ0n) is 32.5. The van der Waals surface area contributed by atoms with E-state index in [1.807, 2.05) is 0 Å². The monoisotopic (exact) mass is 703 g/mol. The van der Waals surface area contributed by atoms with Gasteiger partial charge in [-0.05, 0) is 96.1 Å². The number of hydrogen-bond donors (Lipinski definition) is 3. The van der Waals surface area contributed by atoms with Gasteiger partial charge in [0.25, 0.3) is 0 Å². The van der Waals surface area contributed by atoms with E-state index in [2.05, 4.69) is 55.6 Å². The molecule has 4 N–H and O–H groups in total. The third kappa shape index (κ3) is 34.1. The van der Waals surface area contributed by atoms with E-state index in [0.29, 0.717) is 32.2 Å². The van der Waals surface area contributed by atoms with E-state index in [1.54, 1.807) is 0 Å². The van der Waals surface area contributed by atoms with E-state index in [0.717, 1.165) is 70.6 Å². The molecule has 0 aromatic heterocycles. The molecule has 2 unspecified atom stereocenters. The Morgan fingerprint density at radius 2 is 1.10 bits per heavy atom. The first kappa shape index (κ1) is 47.6. The van der Waals surface area contributed by atoms with Gasteiger partial charge in [0.2, 0.25) is 5.91 Å². The van der Waals surface area contributed by atoms with E-state index in [1.165, 1.54) is 89.9 Å². The fourth-order valence-electron chi connectivity index (χ4n) is 5.98. The Hall–Kier alpha value is -2.41. The third-order valence-electron chi connectivity index (χ3n) is 9.16. The molecule has 50 heavy (non-hydrogen) atoms. The maximum atomic E-state index is 12.7. The van der Waals surface area contributed by atoms with Gasteiger partial charge in [0.05, 0.1) is 0 Å². The van der Waals surface area contributed by atoms with Crippen LogP contribution in [0.5, 0.6) is 0 Å². The summed E-state index contributed by atoms with van der Waals surface area (Å²) in [5, 5.41) is 11.9. The van der Waals surface area contributed by atoms with Crippen molar-refractivity contribution < 1.29 is 24.2 Å². The molecule has 0 fully saturated rings. The number of carboxylic acid groups (broad SMARTS) is 1. The van der Waals surface area contributed by atoms with Crippen LogP contribution in [0.3, 0.4) is 0 Å². The van der Waals surface area contributed by atoms with Crippen LogP contribution in [-0.2, 0) is 19.1 Å². The number of ether oxygens (including phenoxy) is 1. The number of esters is 1. The molecular formula is C43H78N2O5. The van der Waals surface area contributed by atoms with Crippen LogP contribution in [-0.4, -0.2) is 41.6 Å². The van der Waals surface area contributed by atoms with Crippen LogP contribution >= 0.6 is 0 Å². The highest BCUT2D eigenvalue weighted by molar-refractivity contribution is 5.83. The second kappa shape index (κ2) is 37.8. The van der Waals surface area contributed by atoms with Gasteiger partial charge in [-0.15, -0.1) is 0 Å². The smallest absolute Gasteiger partial charge is 0.326 e. The van der Waals surface area contributed by atoms with Crippen LogP contribution in [0, 0.1) is 0 Å². The quantitative estimate of drug-likeness (QED) is 0.0337. The largest absolute Gasteiger partial charge is 0.480 e. The zero-order chi connectivity index (χ0) is 36.8. The Morgan fingerprint density at radius 3 is 1.70 bits per heavy atom. The van der Waals surface area contributed by atoms with Crippen molar-refractivity contribution in [2.24, 2.45) is 5.73 Å². The average Bonchev–Trinajstić information content (AvgIpc) is 3.10. The van der Waals surface area contributed by atoms with E-state index in [9.17, 15) is 19.5 Å². The van der Waals surface area contributed by atoms with Gasteiger partial charge >= 0.3 is 11.9 Å². The minimum Gasteiger partial charge on any atom is -0.480 e. The molecule has 0 saturated carbocycles. The molecule has 0 aromatic carbocycles. The second-order valence-corrected chi connectivity index (χ2v) is 14.0. The van der Waals surface area contributed by atoms with E-state index in [4.69, 9.17) is 10.5 Å². The summed E-state index contributed by atoms with van der Waals surface area (Å²) in [6.45, 7) is 4.90. The van der Waals surface area contributed by atoms with Crippen molar-refractivity contribution in [2.45, 2.75) is 212 Å². The maximum Gasteiger partial charge on any atom is 0.326 e. The molecule has 7 nitrogen and oxygen atoms in total. The van der Waals surface area contributed by atoms with Crippen LogP contribution in [0.15, 0.2) is 36.5 Å². The molecule has 0 aliphatic rings. The van der Waals surface area contributed by atoms with Crippen LogP contribution in [0.2, 0.25) is 0 Å². The predicted octanol–water partition coefficient (Wildman–Crippen LogP) is 11.4. The maximum absolute atomic E-state index is 12.7. The lowest BCUT2D eigenvalue weighted by atomic mass is 10.0. The van der Waals surface area contributed by atoms with Gasteiger partial charge in [0.1, 0.15) is 12.1 Å². The van der Waals surface area contributed by atoms with Gasteiger partial charge in [-0.1, -0.05) is 134 Å². The van der Waals surface area contributed by atoms with Crippen molar-refractivity contribution in [3.8, 4) is 0 Å².